The highest BCUT2D eigenvalue weighted by molar-refractivity contribution is 6.02. The molecule has 0 aliphatic carbocycles. The van der Waals surface area contributed by atoms with E-state index in [4.69, 9.17) is 9.47 Å². The molecule has 0 aliphatic heterocycles. The van der Waals surface area contributed by atoms with Gasteiger partial charge in [0, 0.05) is 18.3 Å². The van der Waals surface area contributed by atoms with Crippen LogP contribution in [0.4, 0.5) is 16.2 Å². The van der Waals surface area contributed by atoms with Gasteiger partial charge in [0.25, 0.3) is 0 Å². The fourth-order valence-corrected chi connectivity index (χ4v) is 2.50. The molecule has 6 heteroatoms. The molecule has 2 aromatic carbocycles. The standard InChI is InChI=1S/C21H24N2O4/c1-4-23(21(25)27-5-2)18-13-11-16(15-19(18)26-3)12-14-20(24)22-17-9-7-6-8-10-17/h6-15H,4-5H2,1-3H3,(H,22,24)/b14-12+. The first-order valence-corrected chi connectivity index (χ1v) is 8.75. The molecule has 27 heavy (non-hydrogen) atoms. The number of amides is 2. The zero-order valence-corrected chi connectivity index (χ0v) is 15.8. The third kappa shape index (κ3) is 5.60. The topological polar surface area (TPSA) is 67.9 Å². The summed E-state index contributed by atoms with van der Waals surface area (Å²) >= 11 is 0. The van der Waals surface area contributed by atoms with Crippen molar-refractivity contribution < 1.29 is 19.1 Å². The van der Waals surface area contributed by atoms with Gasteiger partial charge in [-0.05, 0) is 49.8 Å². The van der Waals surface area contributed by atoms with Gasteiger partial charge in [-0.1, -0.05) is 24.3 Å². The summed E-state index contributed by atoms with van der Waals surface area (Å²) < 4.78 is 10.5. The van der Waals surface area contributed by atoms with Crippen LogP contribution in [0.2, 0.25) is 0 Å². The Kier molecular flexibility index (Phi) is 7.43. The number of anilines is 2. The van der Waals surface area contributed by atoms with Crippen molar-refractivity contribution in [3.63, 3.8) is 0 Å². The number of benzene rings is 2. The van der Waals surface area contributed by atoms with E-state index in [1.54, 1.807) is 25.1 Å². The maximum atomic E-state index is 12.1. The minimum Gasteiger partial charge on any atom is -0.495 e. The van der Waals surface area contributed by atoms with E-state index >= 15 is 0 Å². The van der Waals surface area contributed by atoms with Crippen molar-refractivity contribution in [2.45, 2.75) is 13.8 Å². The second-order valence-corrected chi connectivity index (χ2v) is 5.56. The van der Waals surface area contributed by atoms with E-state index in [1.165, 1.54) is 18.1 Å². The predicted molar refractivity (Wildman–Crippen MR) is 107 cm³/mol. The Morgan fingerprint density at radius 1 is 1.11 bits per heavy atom. The van der Waals surface area contributed by atoms with Gasteiger partial charge >= 0.3 is 6.09 Å². The fourth-order valence-electron chi connectivity index (χ4n) is 2.50. The molecule has 1 N–H and O–H groups in total. The van der Waals surface area contributed by atoms with Gasteiger partial charge in [-0.3, -0.25) is 9.69 Å². The molecule has 142 valence electrons. The smallest absolute Gasteiger partial charge is 0.414 e. The van der Waals surface area contributed by atoms with Gasteiger partial charge in [-0.25, -0.2) is 4.79 Å². The van der Waals surface area contributed by atoms with E-state index in [2.05, 4.69) is 5.32 Å². The van der Waals surface area contributed by atoms with Crippen molar-refractivity contribution in [3.8, 4) is 5.75 Å². The highest BCUT2D eigenvalue weighted by Gasteiger charge is 2.18. The summed E-state index contributed by atoms with van der Waals surface area (Å²) in [7, 11) is 1.54. The van der Waals surface area contributed by atoms with Crippen molar-refractivity contribution in [1.82, 2.24) is 0 Å². The molecule has 0 bridgehead atoms. The maximum absolute atomic E-state index is 12.1. The number of hydrogen-bond donors (Lipinski definition) is 1. The average Bonchev–Trinajstić information content (AvgIpc) is 2.68. The van der Waals surface area contributed by atoms with Crippen LogP contribution in [-0.4, -0.2) is 32.3 Å². The Bertz CT molecular complexity index is 803. The summed E-state index contributed by atoms with van der Waals surface area (Å²) in [5, 5.41) is 2.78. The molecular formula is C21H24N2O4. The van der Waals surface area contributed by atoms with E-state index in [-0.39, 0.29) is 5.91 Å². The molecule has 2 amide bonds. The molecule has 0 fully saturated rings. The number of nitrogens with one attached hydrogen (secondary N) is 1. The number of carbonyl (C=O) groups excluding carboxylic acids is 2. The van der Waals surface area contributed by atoms with Gasteiger partial charge in [0.1, 0.15) is 5.75 Å². The molecule has 0 heterocycles. The Morgan fingerprint density at radius 3 is 2.48 bits per heavy atom. The zero-order chi connectivity index (χ0) is 19.6. The highest BCUT2D eigenvalue weighted by Crippen LogP contribution is 2.30. The molecule has 0 aromatic heterocycles. The Balaban J connectivity index is 2.15. The van der Waals surface area contributed by atoms with Crippen LogP contribution in [0.15, 0.2) is 54.6 Å². The van der Waals surface area contributed by atoms with Gasteiger partial charge in [0.2, 0.25) is 5.91 Å². The minimum absolute atomic E-state index is 0.231. The number of rotatable bonds is 7. The lowest BCUT2D eigenvalue weighted by Crippen LogP contribution is -2.31. The lowest BCUT2D eigenvalue weighted by Gasteiger charge is -2.22. The van der Waals surface area contributed by atoms with E-state index in [0.717, 1.165) is 11.3 Å². The molecule has 0 radical (unpaired) electrons. The Hall–Kier alpha value is -3.28. The van der Waals surface area contributed by atoms with E-state index in [9.17, 15) is 9.59 Å². The Morgan fingerprint density at radius 2 is 1.85 bits per heavy atom. The van der Waals surface area contributed by atoms with Crippen LogP contribution in [0, 0.1) is 0 Å². The molecule has 0 spiro atoms. The molecule has 0 saturated heterocycles. The van der Waals surface area contributed by atoms with Crippen LogP contribution >= 0.6 is 0 Å². The van der Waals surface area contributed by atoms with E-state index < -0.39 is 6.09 Å². The molecule has 0 saturated carbocycles. The molecule has 2 aromatic rings. The van der Waals surface area contributed by atoms with E-state index in [1.807, 2.05) is 43.3 Å². The monoisotopic (exact) mass is 368 g/mol. The van der Waals surface area contributed by atoms with Crippen molar-refractivity contribution >= 4 is 29.5 Å². The number of nitrogens with zero attached hydrogens (tertiary/aromatic N) is 1. The van der Waals surface area contributed by atoms with Crippen LogP contribution < -0.4 is 15.0 Å². The first kappa shape index (κ1) is 20.0. The highest BCUT2D eigenvalue weighted by atomic mass is 16.6. The molecule has 2 rings (SSSR count). The maximum Gasteiger partial charge on any atom is 0.414 e. The molecular weight excluding hydrogens is 344 g/mol. The van der Waals surface area contributed by atoms with Gasteiger partial charge in [0.15, 0.2) is 0 Å². The van der Waals surface area contributed by atoms with Crippen LogP contribution in [-0.2, 0) is 9.53 Å². The van der Waals surface area contributed by atoms with Gasteiger partial charge in [-0.2, -0.15) is 0 Å². The lowest BCUT2D eigenvalue weighted by molar-refractivity contribution is -0.111. The molecule has 0 atom stereocenters. The Labute approximate surface area is 159 Å². The van der Waals surface area contributed by atoms with Crippen molar-refractivity contribution in [2.75, 3.05) is 30.5 Å². The van der Waals surface area contributed by atoms with Crippen molar-refractivity contribution in [3.05, 3.63) is 60.2 Å². The molecule has 0 aliphatic rings. The van der Waals surface area contributed by atoms with Gasteiger partial charge in [-0.15, -0.1) is 0 Å². The average molecular weight is 368 g/mol. The van der Waals surface area contributed by atoms with Gasteiger partial charge < -0.3 is 14.8 Å². The normalized spacial score (nSPS) is 10.5. The number of carbonyl (C=O) groups is 2. The second kappa shape index (κ2) is 10.0. The second-order valence-electron chi connectivity index (χ2n) is 5.56. The quantitative estimate of drug-likeness (QED) is 0.739. The summed E-state index contributed by atoms with van der Waals surface area (Å²) in [6, 6.07) is 14.6. The number of methoxy groups -OCH3 is 1. The lowest BCUT2D eigenvalue weighted by atomic mass is 10.1. The first-order chi connectivity index (χ1) is 13.1. The number of ether oxygens (including phenoxy) is 2. The molecule has 6 nitrogen and oxygen atoms in total. The fraction of sp³-hybridized carbons (Fsp3) is 0.238. The third-order valence-corrected chi connectivity index (χ3v) is 3.77. The largest absolute Gasteiger partial charge is 0.495 e. The summed E-state index contributed by atoms with van der Waals surface area (Å²) in [6.45, 7) is 4.37. The van der Waals surface area contributed by atoms with Crippen molar-refractivity contribution in [1.29, 1.82) is 0 Å². The van der Waals surface area contributed by atoms with Crippen LogP contribution in [0.25, 0.3) is 6.08 Å². The number of para-hydroxylation sites is 1. The third-order valence-electron chi connectivity index (χ3n) is 3.77. The summed E-state index contributed by atoms with van der Waals surface area (Å²) in [4.78, 5) is 25.6. The minimum atomic E-state index is -0.427. The number of hydrogen-bond acceptors (Lipinski definition) is 4. The first-order valence-electron chi connectivity index (χ1n) is 8.75. The zero-order valence-electron chi connectivity index (χ0n) is 15.8. The van der Waals surface area contributed by atoms with Gasteiger partial charge in [0.05, 0.1) is 19.4 Å². The summed E-state index contributed by atoms with van der Waals surface area (Å²) in [5.41, 5.74) is 2.12. The van der Waals surface area contributed by atoms with E-state index in [0.29, 0.717) is 24.6 Å². The molecule has 0 unspecified atom stereocenters. The van der Waals surface area contributed by atoms with Crippen molar-refractivity contribution in [2.24, 2.45) is 0 Å². The van der Waals surface area contributed by atoms with Crippen LogP contribution in [0.5, 0.6) is 5.75 Å². The van der Waals surface area contributed by atoms with Crippen LogP contribution in [0.1, 0.15) is 19.4 Å². The summed E-state index contributed by atoms with van der Waals surface area (Å²) in [6.07, 6.45) is 2.71. The SMILES string of the molecule is CCOC(=O)N(CC)c1ccc(/C=C/C(=O)Nc2ccccc2)cc1OC. The van der Waals surface area contributed by atoms with Crippen LogP contribution in [0.3, 0.4) is 0 Å². The predicted octanol–water partition coefficient (Wildman–Crippen LogP) is 4.33. The summed E-state index contributed by atoms with van der Waals surface area (Å²) in [5.74, 6) is 0.293.